The van der Waals surface area contributed by atoms with Gasteiger partial charge in [-0.1, -0.05) is 13.0 Å². The van der Waals surface area contributed by atoms with Gasteiger partial charge in [-0.15, -0.1) is 0 Å². The molecular formula is C12H16O4. The third-order valence-corrected chi connectivity index (χ3v) is 2.28. The number of hydrogen-bond acceptors (Lipinski definition) is 4. The Balaban J connectivity index is 2.75. The fraction of sp³-hybridized carbons (Fsp3) is 0.417. The molecule has 0 aromatic heterocycles. The number of carbonyl (C=O) groups is 1. The monoisotopic (exact) mass is 224 g/mol. The highest BCUT2D eigenvalue weighted by Crippen LogP contribution is 2.24. The van der Waals surface area contributed by atoms with Crippen molar-refractivity contribution in [3.8, 4) is 11.5 Å². The van der Waals surface area contributed by atoms with E-state index in [4.69, 9.17) is 4.74 Å². The van der Waals surface area contributed by atoms with Gasteiger partial charge in [-0.05, 0) is 25.0 Å². The summed E-state index contributed by atoms with van der Waals surface area (Å²) in [7, 11) is 1.31. The molecule has 16 heavy (non-hydrogen) atoms. The van der Waals surface area contributed by atoms with Crippen molar-refractivity contribution in [2.45, 2.75) is 26.4 Å². The first-order valence-corrected chi connectivity index (χ1v) is 5.14. The van der Waals surface area contributed by atoms with Crippen molar-refractivity contribution < 1.29 is 19.4 Å². The number of ether oxygens (including phenoxy) is 2. The summed E-state index contributed by atoms with van der Waals surface area (Å²) in [5, 5.41) is 9.60. The molecule has 1 aromatic carbocycles. The van der Waals surface area contributed by atoms with Crippen LogP contribution in [-0.4, -0.2) is 24.3 Å². The topological polar surface area (TPSA) is 55.8 Å². The fourth-order valence-electron chi connectivity index (χ4n) is 1.33. The summed E-state index contributed by atoms with van der Waals surface area (Å²) in [4.78, 5) is 11.1. The van der Waals surface area contributed by atoms with Crippen molar-refractivity contribution in [1.82, 2.24) is 0 Å². The lowest BCUT2D eigenvalue weighted by atomic mass is 10.1. The molecule has 0 radical (unpaired) electrons. The van der Waals surface area contributed by atoms with Gasteiger partial charge < -0.3 is 14.6 Å². The van der Waals surface area contributed by atoms with E-state index >= 15 is 0 Å². The Labute approximate surface area is 94.8 Å². The predicted octanol–water partition coefficient (Wildman–Crippen LogP) is 1.89. The summed E-state index contributed by atoms with van der Waals surface area (Å²) in [5.41, 5.74) is 0.845. The minimum atomic E-state index is -0.683. The van der Waals surface area contributed by atoms with E-state index in [0.29, 0.717) is 5.75 Å². The molecule has 0 saturated carbocycles. The molecular weight excluding hydrogens is 208 g/mol. The maximum atomic E-state index is 11.1. The third-order valence-electron chi connectivity index (χ3n) is 2.28. The molecule has 4 nitrogen and oxygen atoms in total. The van der Waals surface area contributed by atoms with Gasteiger partial charge in [0.1, 0.15) is 11.5 Å². The number of rotatable bonds is 4. The van der Waals surface area contributed by atoms with Crippen LogP contribution in [0.15, 0.2) is 18.2 Å². The first-order valence-electron chi connectivity index (χ1n) is 5.14. The summed E-state index contributed by atoms with van der Waals surface area (Å²) >= 11 is 0. The molecule has 88 valence electrons. The largest absolute Gasteiger partial charge is 0.508 e. The van der Waals surface area contributed by atoms with E-state index in [1.807, 2.05) is 6.92 Å². The average Bonchev–Trinajstić information content (AvgIpc) is 2.28. The first-order chi connectivity index (χ1) is 7.58. The van der Waals surface area contributed by atoms with Crippen LogP contribution in [0.1, 0.15) is 19.4 Å². The van der Waals surface area contributed by atoms with Gasteiger partial charge in [0, 0.05) is 6.07 Å². The van der Waals surface area contributed by atoms with Crippen LogP contribution in [0.4, 0.5) is 0 Å². The van der Waals surface area contributed by atoms with Crippen LogP contribution in [0.2, 0.25) is 0 Å². The van der Waals surface area contributed by atoms with Crippen molar-refractivity contribution in [3.63, 3.8) is 0 Å². The smallest absolute Gasteiger partial charge is 0.346 e. The van der Waals surface area contributed by atoms with Crippen molar-refractivity contribution in [2.75, 3.05) is 7.11 Å². The van der Waals surface area contributed by atoms with E-state index in [9.17, 15) is 9.90 Å². The molecule has 0 spiro atoms. The third kappa shape index (κ3) is 2.89. The minimum Gasteiger partial charge on any atom is -0.508 e. The van der Waals surface area contributed by atoms with E-state index in [0.717, 1.165) is 12.0 Å². The highest BCUT2D eigenvalue weighted by Gasteiger charge is 2.15. The summed E-state index contributed by atoms with van der Waals surface area (Å²) in [6, 6.07) is 4.99. The molecule has 1 unspecified atom stereocenters. The number of aryl methyl sites for hydroxylation is 1. The molecule has 1 atom stereocenters. The van der Waals surface area contributed by atoms with E-state index in [-0.39, 0.29) is 5.75 Å². The first kappa shape index (κ1) is 12.4. The summed E-state index contributed by atoms with van der Waals surface area (Å²) < 4.78 is 9.85. The van der Waals surface area contributed by atoms with E-state index in [1.54, 1.807) is 19.1 Å². The normalized spacial score (nSPS) is 11.9. The second kappa shape index (κ2) is 5.39. The van der Waals surface area contributed by atoms with E-state index in [2.05, 4.69) is 4.74 Å². The molecule has 0 bridgehead atoms. The van der Waals surface area contributed by atoms with Crippen LogP contribution < -0.4 is 4.74 Å². The van der Waals surface area contributed by atoms with Gasteiger partial charge in [0.15, 0.2) is 6.10 Å². The fourth-order valence-corrected chi connectivity index (χ4v) is 1.33. The van der Waals surface area contributed by atoms with Crippen LogP contribution in [-0.2, 0) is 16.0 Å². The van der Waals surface area contributed by atoms with Gasteiger partial charge in [0.2, 0.25) is 0 Å². The number of benzene rings is 1. The summed E-state index contributed by atoms with van der Waals surface area (Å²) in [5.74, 6) is 0.184. The molecule has 1 aromatic rings. The zero-order valence-corrected chi connectivity index (χ0v) is 9.69. The second-order valence-corrected chi connectivity index (χ2v) is 3.43. The number of esters is 1. The number of hydrogen-bond donors (Lipinski definition) is 1. The lowest BCUT2D eigenvalue weighted by Gasteiger charge is -2.13. The Kier molecular flexibility index (Phi) is 4.17. The predicted molar refractivity (Wildman–Crippen MR) is 59.6 cm³/mol. The highest BCUT2D eigenvalue weighted by atomic mass is 16.6. The van der Waals surface area contributed by atoms with Gasteiger partial charge in [0.05, 0.1) is 7.11 Å². The number of phenols is 1. The van der Waals surface area contributed by atoms with Crippen molar-refractivity contribution >= 4 is 5.97 Å². The van der Waals surface area contributed by atoms with E-state index in [1.165, 1.54) is 13.2 Å². The van der Waals surface area contributed by atoms with Crippen LogP contribution in [0.3, 0.4) is 0 Å². The van der Waals surface area contributed by atoms with Gasteiger partial charge >= 0.3 is 5.97 Å². The van der Waals surface area contributed by atoms with Gasteiger partial charge in [-0.25, -0.2) is 4.79 Å². The molecule has 4 heteroatoms. The lowest BCUT2D eigenvalue weighted by Crippen LogP contribution is -2.24. The Bertz CT molecular complexity index is 373. The Morgan fingerprint density at radius 1 is 1.50 bits per heavy atom. The Hall–Kier alpha value is -1.71. The van der Waals surface area contributed by atoms with Crippen molar-refractivity contribution in [2.24, 2.45) is 0 Å². The molecule has 0 aliphatic heterocycles. The zero-order valence-electron chi connectivity index (χ0n) is 9.69. The quantitative estimate of drug-likeness (QED) is 0.793. The lowest BCUT2D eigenvalue weighted by molar-refractivity contribution is -0.147. The number of carbonyl (C=O) groups excluding carboxylic acids is 1. The number of phenolic OH excluding ortho intramolecular Hbond substituents is 1. The second-order valence-electron chi connectivity index (χ2n) is 3.43. The minimum absolute atomic E-state index is 0.178. The van der Waals surface area contributed by atoms with Crippen LogP contribution >= 0.6 is 0 Å². The molecule has 0 amide bonds. The molecule has 0 saturated heterocycles. The van der Waals surface area contributed by atoms with E-state index < -0.39 is 12.1 Å². The molecule has 1 rings (SSSR count). The van der Waals surface area contributed by atoms with Crippen LogP contribution in [0.25, 0.3) is 0 Å². The average molecular weight is 224 g/mol. The Morgan fingerprint density at radius 3 is 2.69 bits per heavy atom. The maximum absolute atomic E-state index is 11.1. The van der Waals surface area contributed by atoms with Gasteiger partial charge in [-0.2, -0.15) is 0 Å². The molecule has 0 aliphatic rings. The molecule has 0 heterocycles. The van der Waals surface area contributed by atoms with Crippen molar-refractivity contribution in [1.29, 1.82) is 0 Å². The van der Waals surface area contributed by atoms with Gasteiger partial charge in [-0.3, -0.25) is 0 Å². The summed E-state index contributed by atoms with van der Waals surface area (Å²) in [6.45, 7) is 3.54. The Morgan fingerprint density at radius 2 is 2.19 bits per heavy atom. The molecule has 0 fully saturated rings. The SMILES string of the molecule is CCc1ccc(OC(C)C(=O)OC)cc1O. The maximum Gasteiger partial charge on any atom is 0.346 e. The van der Waals surface area contributed by atoms with Crippen LogP contribution in [0.5, 0.6) is 11.5 Å². The number of aromatic hydroxyl groups is 1. The van der Waals surface area contributed by atoms with Crippen molar-refractivity contribution in [3.05, 3.63) is 23.8 Å². The van der Waals surface area contributed by atoms with Gasteiger partial charge in [0.25, 0.3) is 0 Å². The summed E-state index contributed by atoms with van der Waals surface area (Å²) in [6.07, 6.45) is 0.0652. The number of methoxy groups -OCH3 is 1. The van der Waals surface area contributed by atoms with Crippen LogP contribution in [0, 0.1) is 0 Å². The molecule has 0 aliphatic carbocycles. The zero-order chi connectivity index (χ0) is 12.1. The standard InChI is InChI=1S/C12H16O4/c1-4-9-5-6-10(7-11(9)13)16-8(2)12(14)15-3/h5-8,13H,4H2,1-3H3. The highest BCUT2D eigenvalue weighted by molar-refractivity contribution is 5.74. The molecule has 1 N–H and O–H groups in total.